The molecule has 0 atom stereocenters. The van der Waals surface area contributed by atoms with Crippen molar-refractivity contribution in [3.63, 3.8) is 0 Å². The predicted octanol–water partition coefficient (Wildman–Crippen LogP) is 28.5. The first kappa shape index (κ1) is 105. The van der Waals surface area contributed by atoms with Gasteiger partial charge >= 0.3 is 0 Å². The molecule has 132 heavy (non-hydrogen) atoms. The number of fused-ring (bicyclic) bond motifs is 8. The van der Waals surface area contributed by atoms with Crippen LogP contribution in [0.4, 0.5) is 0 Å². The first-order valence-corrected chi connectivity index (χ1v) is 49.0. The van der Waals surface area contributed by atoms with Gasteiger partial charge in [0.1, 0.15) is 33.7 Å². The molecule has 0 saturated carbocycles. The molecule has 0 aromatic carbocycles. The van der Waals surface area contributed by atoms with Crippen molar-refractivity contribution in [1.29, 1.82) is 0 Å². The van der Waals surface area contributed by atoms with E-state index < -0.39 is 0 Å². The highest BCUT2D eigenvalue weighted by molar-refractivity contribution is 5.91. The lowest BCUT2D eigenvalue weighted by molar-refractivity contribution is -0.687. The Bertz CT molecular complexity index is 5590. The van der Waals surface area contributed by atoms with Crippen molar-refractivity contribution >= 4 is 86.6 Å². The summed E-state index contributed by atoms with van der Waals surface area (Å²) in [6.07, 6.45) is 25.0. The van der Waals surface area contributed by atoms with E-state index in [-0.39, 0.29) is 0 Å². The normalized spacial score (nSPS) is 11.8. The SMILES string of the molecule is CC(C)c1c2cccnc2c(C(C)C)n1C.CC(C)c1c2cccnc2c(C(C)C)n1C.CC(C)c1c2ccncc2c(C(C)C)n1C.CC(C)c1c2ccncc2c(C(C)C)n1C.CC(C)c1cc2cccnc2c(C(C)C)[n+]1C.CC(C)c1cc2ccncc2c(C(C)C)[n+]1C.CC(C)c1cc2cnccc2c(C(C)C)[n+]1C.CC(C)c1cc2cnccc2c(C(C)C)[n+]1C. The Hall–Kier alpha value is -11.0. The van der Waals surface area contributed by atoms with Crippen molar-refractivity contribution in [2.45, 2.75) is 316 Å². The highest BCUT2D eigenvalue weighted by Gasteiger charge is 2.30. The number of pyridine rings is 12. The summed E-state index contributed by atoms with van der Waals surface area (Å²) >= 11 is 0. The van der Waals surface area contributed by atoms with E-state index in [1.165, 1.54) is 172 Å². The van der Waals surface area contributed by atoms with E-state index in [4.69, 9.17) is 0 Å². The van der Waals surface area contributed by atoms with Crippen LogP contribution < -0.4 is 18.3 Å². The topological polar surface area (TPSA) is 138 Å². The smallest absolute Gasteiger partial charge is 0.210 e. The molecule has 0 amide bonds. The number of nitrogens with zero attached hydrogens (tertiary/aromatic N) is 16. The zero-order valence-corrected chi connectivity index (χ0v) is 88.6. The lowest BCUT2D eigenvalue weighted by atomic mass is 9.99. The average molecular weight is 1780 g/mol. The van der Waals surface area contributed by atoms with Crippen LogP contribution in [0.1, 0.15) is 407 Å². The fourth-order valence-corrected chi connectivity index (χ4v) is 21.0. The fraction of sp³-hybridized carbons (Fsp3) is 0.483. The molecule has 16 aromatic heterocycles. The van der Waals surface area contributed by atoms with Gasteiger partial charge in [-0.25, -0.2) is 23.3 Å². The second-order valence-electron chi connectivity index (χ2n) is 41.3. The minimum absolute atomic E-state index is 0.482. The summed E-state index contributed by atoms with van der Waals surface area (Å²) < 4.78 is 18.7. The van der Waals surface area contributed by atoms with Gasteiger partial charge in [0.15, 0.2) is 39.9 Å². The van der Waals surface area contributed by atoms with Crippen LogP contribution in [-0.2, 0) is 56.4 Å². The van der Waals surface area contributed by atoms with Crippen LogP contribution in [0.2, 0.25) is 0 Å². The largest absolute Gasteiger partial charge is 0.350 e. The molecule has 0 aliphatic carbocycles. The molecule has 0 bridgehead atoms. The molecular formula is C116H164N16+4. The third kappa shape index (κ3) is 22.9. The summed E-state index contributed by atoms with van der Waals surface area (Å²) in [7, 11) is 17.3. The summed E-state index contributed by atoms with van der Waals surface area (Å²) in [4.78, 5) is 34.9. The quantitative estimate of drug-likeness (QED) is 0.0872. The van der Waals surface area contributed by atoms with Crippen LogP contribution >= 0.6 is 0 Å². The Labute approximate surface area is 793 Å². The fourth-order valence-electron chi connectivity index (χ4n) is 21.0. The van der Waals surface area contributed by atoms with E-state index in [0.29, 0.717) is 94.7 Å². The van der Waals surface area contributed by atoms with Crippen molar-refractivity contribution < 1.29 is 18.3 Å². The molecule has 16 aromatic rings. The summed E-state index contributed by atoms with van der Waals surface area (Å²) in [5, 5.41) is 16.9. The molecule has 16 nitrogen and oxygen atoms in total. The average Bonchev–Trinajstić information content (AvgIpc) is 1.72. The van der Waals surface area contributed by atoms with Gasteiger partial charge in [0.25, 0.3) is 0 Å². The van der Waals surface area contributed by atoms with Gasteiger partial charge in [-0.3, -0.25) is 34.9 Å². The van der Waals surface area contributed by atoms with Crippen molar-refractivity contribution in [3.8, 4) is 0 Å². The summed E-state index contributed by atoms with van der Waals surface area (Å²) in [6, 6.07) is 32.3. The zero-order valence-electron chi connectivity index (χ0n) is 88.6. The minimum Gasteiger partial charge on any atom is -0.350 e. The van der Waals surface area contributed by atoms with E-state index in [2.05, 4.69) is 427 Å². The molecule has 16 rings (SSSR count). The standard InChI is InChI=1S/4C15H21N2.4C14H20N2/c2*1-10(2)14-8-12-9-16-7-6-13(12)15(11(3)4)17(14)5;1-10(2)14-8-12-6-7-16-9-13(12)15(11(3)4)17(14)5;1-10(2)13-9-12-7-6-8-16-14(12)15(11(3)4)17(13)5;2*1-9(2)13-11-6-7-15-8-12(11)14(10(3)4)16(13)5;2*1-9(2)13-11-7-6-8-15-12(11)14(10(3)4)16(13)5/h4*6-11H,1-5H3;4*6-10H,1-5H3/q4*+1;;;;. The first-order chi connectivity index (χ1) is 62.2. The highest BCUT2D eigenvalue weighted by atomic mass is 15.0. The molecule has 16 heterocycles. The van der Waals surface area contributed by atoms with Gasteiger partial charge in [-0.1, -0.05) is 228 Å². The third-order valence-corrected chi connectivity index (χ3v) is 25.9. The number of aromatic nitrogens is 16. The van der Waals surface area contributed by atoms with E-state index in [1.807, 2.05) is 98.8 Å². The predicted molar refractivity (Wildman–Crippen MR) is 560 cm³/mol. The Kier molecular flexibility index (Phi) is 36.2. The van der Waals surface area contributed by atoms with E-state index in [1.54, 1.807) is 0 Å². The van der Waals surface area contributed by atoms with E-state index in [9.17, 15) is 0 Å². The molecule has 0 saturated heterocycles. The molecular weight excluding hydrogens is 1620 g/mol. The maximum absolute atomic E-state index is 4.55. The minimum atomic E-state index is 0.482. The number of hydrogen-bond donors (Lipinski definition) is 0. The maximum atomic E-state index is 4.55. The van der Waals surface area contributed by atoms with Gasteiger partial charge < -0.3 is 18.3 Å². The molecule has 0 N–H and O–H groups in total. The molecule has 0 spiro atoms. The molecule has 16 heteroatoms. The van der Waals surface area contributed by atoms with Gasteiger partial charge in [0.05, 0.1) is 27.2 Å². The van der Waals surface area contributed by atoms with Crippen LogP contribution in [0.3, 0.4) is 0 Å². The Morgan fingerprint density at radius 2 is 0.439 bits per heavy atom. The van der Waals surface area contributed by atoms with Gasteiger partial charge in [-0.2, -0.15) is 0 Å². The summed E-state index contributed by atoms with van der Waals surface area (Å²) in [5.74, 6) is 8.38. The first-order valence-electron chi connectivity index (χ1n) is 49.0. The van der Waals surface area contributed by atoms with Gasteiger partial charge in [-0.15, -0.1) is 0 Å². The van der Waals surface area contributed by atoms with Crippen LogP contribution in [0.5, 0.6) is 0 Å². The lowest BCUT2D eigenvalue weighted by Gasteiger charge is -2.12. The molecule has 0 aliphatic heterocycles. The molecule has 0 unspecified atom stereocenters. The highest BCUT2D eigenvalue weighted by Crippen LogP contribution is 2.39. The van der Waals surface area contributed by atoms with E-state index in [0.717, 1.165) is 5.52 Å². The Morgan fingerprint density at radius 3 is 0.758 bits per heavy atom. The third-order valence-electron chi connectivity index (χ3n) is 25.9. The Balaban J connectivity index is 0.000000170. The van der Waals surface area contributed by atoms with Gasteiger partial charge in [0, 0.05) is 274 Å². The van der Waals surface area contributed by atoms with E-state index >= 15 is 0 Å². The second-order valence-corrected chi connectivity index (χ2v) is 41.3. The van der Waals surface area contributed by atoms with Crippen molar-refractivity contribution in [3.05, 3.63) is 263 Å². The second kappa shape index (κ2) is 45.6. The number of rotatable bonds is 16. The van der Waals surface area contributed by atoms with Gasteiger partial charge in [0.2, 0.25) is 5.69 Å². The molecule has 0 aliphatic rings. The monoisotopic (exact) mass is 1780 g/mol. The summed E-state index contributed by atoms with van der Waals surface area (Å²) in [6.45, 7) is 71.7. The molecule has 0 radical (unpaired) electrons. The van der Waals surface area contributed by atoms with Crippen molar-refractivity contribution in [2.24, 2.45) is 56.4 Å². The molecule has 0 fully saturated rings. The number of hydrogen-bond acceptors (Lipinski definition) is 8. The van der Waals surface area contributed by atoms with Gasteiger partial charge in [-0.05, 0) is 113 Å². The maximum Gasteiger partial charge on any atom is 0.210 e. The van der Waals surface area contributed by atoms with Crippen molar-refractivity contribution in [1.82, 2.24) is 58.1 Å². The zero-order chi connectivity index (χ0) is 97.8. The van der Waals surface area contributed by atoms with Crippen LogP contribution in [-0.4, -0.2) is 58.1 Å². The van der Waals surface area contributed by atoms with Crippen molar-refractivity contribution in [2.75, 3.05) is 0 Å². The Morgan fingerprint density at radius 1 is 0.197 bits per heavy atom. The summed E-state index contributed by atoms with van der Waals surface area (Å²) in [5.41, 5.74) is 25.6. The van der Waals surface area contributed by atoms with Crippen LogP contribution in [0.25, 0.3) is 86.6 Å². The van der Waals surface area contributed by atoms with Crippen LogP contribution in [0.15, 0.2) is 172 Å². The molecule has 704 valence electrons. The lowest BCUT2D eigenvalue weighted by Crippen LogP contribution is -2.40. The van der Waals surface area contributed by atoms with Crippen LogP contribution in [0, 0.1) is 0 Å².